The molecule has 2 aliphatic rings. The normalized spacial score (nSPS) is 19.1. The second-order valence-electron chi connectivity index (χ2n) is 5.60. The van der Waals surface area contributed by atoms with Crippen molar-refractivity contribution in [3.63, 3.8) is 0 Å². The minimum Gasteiger partial charge on any atom is -0.452 e. The molecular formula is C14H19BrN2O3S. The van der Waals surface area contributed by atoms with Crippen LogP contribution >= 0.6 is 15.9 Å². The van der Waals surface area contributed by atoms with Gasteiger partial charge in [-0.25, -0.2) is 8.42 Å². The van der Waals surface area contributed by atoms with Crippen molar-refractivity contribution in [2.75, 3.05) is 6.54 Å². The molecule has 0 bridgehead atoms. The highest BCUT2D eigenvalue weighted by atomic mass is 79.9. The Bertz CT molecular complexity index is 633. The van der Waals surface area contributed by atoms with Gasteiger partial charge >= 0.3 is 0 Å². The molecule has 116 valence electrons. The van der Waals surface area contributed by atoms with Crippen LogP contribution in [-0.4, -0.2) is 31.4 Å². The molecule has 3 rings (SSSR count). The van der Waals surface area contributed by atoms with E-state index >= 15 is 0 Å². The summed E-state index contributed by atoms with van der Waals surface area (Å²) in [6.45, 7) is 4.54. The van der Waals surface area contributed by atoms with Crippen molar-refractivity contribution in [2.45, 2.75) is 49.2 Å². The third-order valence-corrected chi connectivity index (χ3v) is 6.47. The van der Waals surface area contributed by atoms with Crippen molar-refractivity contribution in [3.05, 3.63) is 29.2 Å². The summed E-state index contributed by atoms with van der Waals surface area (Å²) >= 11 is 3.24. The van der Waals surface area contributed by atoms with E-state index in [9.17, 15) is 8.42 Å². The van der Waals surface area contributed by atoms with Crippen molar-refractivity contribution in [1.29, 1.82) is 0 Å². The first-order valence-electron chi connectivity index (χ1n) is 7.16. The zero-order valence-corrected chi connectivity index (χ0v) is 14.1. The van der Waals surface area contributed by atoms with Gasteiger partial charge in [0.25, 0.3) is 0 Å². The van der Waals surface area contributed by atoms with E-state index in [1.807, 2.05) is 0 Å². The largest absolute Gasteiger partial charge is 0.452 e. The van der Waals surface area contributed by atoms with Crippen LogP contribution in [0.3, 0.4) is 0 Å². The van der Waals surface area contributed by atoms with Gasteiger partial charge in [-0.1, -0.05) is 6.08 Å². The van der Waals surface area contributed by atoms with E-state index in [1.54, 1.807) is 12.1 Å². The monoisotopic (exact) mass is 374 g/mol. The summed E-state index contributed by atoms with van der Waals surface area (Å²) in [4.78, 5) is 0.212. The Kier molecular flexibility index (Phi) is 4.27. The van der Waals surface area contributed by atoms with Gasteiger partial charge in [-0.15, -0.1) is 6.58 Å². The van der Waals surface area contributed by atoms with Crippen LogP contribution in [0.2, 0.25) is 0 Å². The standard InChI is InChI=1S/C14H19BrN2O3S/c1-2-7-17(11-5-6-11)21(18,19)13-8-12(20-14(13)15)9-16-10-3-4-10/h2,8,10-11,16H,1,3-7,9H2. The molecule has 1 heterocycles. The van der Waals surface area contributed by atoms with Crippen molar-refractivity contribution >= 4 is 26.0 Å². The number of furan rings is 1. The zero-order valence-electron chi connectivity index (χ0n) is 11.7. The number of hydrogen-bond acceptors (Lipinski definition) is 4. The Morgan fingerprint density at radius 1 is 1.43 bits per heavy atom. The quantitative estimate of drug-likeness (QED) is 0.710. The first-order chi connectivity index (χ1) is 10.0. The maximum atomic E-state index is 12.8. The number of hydrogen-bond donors (Lipinski definition) is 1. The second-order valence-corrected chi connectivity index (χ2v) is 8.18. The van der Waals surface area contributed by atoms with Crippen LogP contribution < -0.4 is 5.32 Å². The predicted octanol–water partition coefficient (Wildman–Crippen LogP) is 2.63. The number of sulfonamides is 1. The van der Waals surface area contributed by atoms with Crippen LogP contribution in [-0.2, 0) is 16.6 Å². The van der Waals surface area contributed by atoms with Crippen LogP contribution in [0.25, 0.3) is 0 Å². The van der Waals surface area contributed by atoms with Gasteiger partial charge in [-0.05, 0) is 41.6 Å². The molecule has 2 fully saturated rings. The molecular weight excluding hydrogens is 356 g/mol. The first kappa shape index (κ1) is 15.3. The average molecular weight is 375 g/mol. The molecule has 0 atom stereocenters. The summed E-state index contributed by atoms with van der Waals surface area (Å²) in [7, 11) is -3.54. The predicted molar refractivity (Wildman–Crippen MR) is 83.4 cm³/mol. The van der Waals surface area contributed by atoms with E-state index < -0.39 is 10.0 Å². The van der Waals surface area contributed by atoms with E-state index in [-0.39, 0.29) is 15.6 Å². The fraction of sp³-hybridized carbons (Fsp3) is 0.571. The molecule has 21 heavy (non-hydrogen) atoms. The molecule has 0 spiro atoms. The Labute approximate surface area is 133 Å². The molecule has 1 N–H and O–H groups in total. The van der Waals surface area contributed by atoms with Crippen LogP contribution in [0.1, 0.15) is 31.4 Å². The van der Waals surface area contributed by atoms with Gasteiger partial charge < -0.3 is 9.73 Å². The Morgan fingerprint density at radius 2 is 2.14 bits per heavy atom. The molecule has 7 heteroatoms. The van der Waals surface area contributed by atoms with Crippen molar-refractivity contribution in [3.8, 4) is 0 Å². The molecule has 0 radical (unpaired) electrons. The lowest BCUT2D eigenvalue weighted by Gasteiger charge is -2.19. The molecule has 0 aliphatic heterocycles. The summed E-state index contributed by atoms with van der Waals surface area (Å²) in [6.07, 6.45) is 5.82. The molecule has 1 aromatic heterocycles. The SMILES string of the molecule is C=CCN(C1CC1)S(=O)(=O)c1cc(CNC2CC2)oc1Br. The van der Waals surface area contributed by atoms with Crippen molar-refractivity contribution < 1.29 is 12.8 Å². The van der Waals surface area contributed by atoms with E-state index in [0.29, 0.717) is 24.9 Å². The van der Waals surface area contributed by atoms with Gasteiger partial charge in [-0.2, -0.15) is 4.31 Å². The third kappa shape index (κ3) is 3.41. The summed E-state index contributed by atoms with van der Waals surface area (Å²) in [6, 6.07) is 2.27. The van der Waals surface area contributed by atoms with Gasteiger partial charge in [0.2, 0.25) is 10.0 Å². The van der Waals surface area contributed by atoms with Crippen LogP contribution in [0, 0.1) is 0 Å². The lowest BCUT2D eigenvalue weighted by molar-refractivity contribution is 0.430. The van der Waals surface area contributed by atoms with Gasteiger partial charge in [0.05, 0.1) is 6.54 Å². The maximum absolute atomic E-state index is 12.8. The average Bonchev–Trinajstić information content (AvgIpc) is 3.33. The topological polar surface area (TPSA) is 62.6 Å². The molecule has 0 aromatic carbocycles. The summed E-state index contributed by atoms with van der Waals surface area (Å²) in [5, 5.41) is 3.32. The highest BCUT2D eigenvalue weighted by Crippen LogP contribution is 2.35. The summed E-state index contributed by atoms with van der Waals surface area (Å²) in [5.74, 6) is 0.640. The van der Waals surface area contributed by atoms with Crippen molar-refractivity contribution in [1.82, 2.24) is 9.62 Å². The Morgan fingerprint density at radius 3 is 2.71 bits per heavy atom. The molecule has 5 nitrogen and oxygen atoms in total. The molecule has 0 amide bonds. The van der Waals surface area contributed by atoms with Gasteiger partial charge in [0.1, 0.15) is 10.7 Å². The molecule has 0 saturated heterocycles. The van der Waals surface area contributed by atoms with Gasteiger partial charge in [0, 0.05) is 24.7 Å². The van der Waals surface area contributed by atoms with Crippen molar-refractivity contribution in [2.24, 2.45) is 0 Å². The van der Waals surface area contributed by atoms with E-state index in [0.717, 1.165) is 12.8 Å². The Hall–Kier alpha value is -0.630. The molecule has 0 unspecified atom stereocenters. The third-order valence-electron chi connectivity index (χ3n) is 3.70. The second kappa shape index (κ2) is 5.87. The molecule has 1 aromatic rings. The fourth-order valence-electron chi connectivity index (χ4n) is 2.25. The minimum absolute atomic E-state index is 0.0999. The maximum Gasteiger partial charge on any atom is 0.248 e. The number of nitrogens with zero attached hydrogens (tertiary/aromatic N) is 1. The first-order valence-corrected chi connectivity index (χ1v) is 9.40. The van der Waals surface area contributed by atoms with E-state index in [1.165, 1.54) is 17.1 Å². The van der Waals surface area contributed by atoms with Gasteiger partial charge in [0.15, 0.2) is 4.67 Å². The van der Waals surface area contributed by atoms with E-state index in [4.69, 9.17) is 4.42 Å². The van der Waals surface area contributed by atoms with Crippen LogP contribution in [0.15, 0.2) is 32.7 Å². The highest BCUT2D eigenvalue weighted by Gasteiger charge is 2.39. The number of nitrogens with one attached hydrogen (secondary N) is 1. The fourth-order valence-corrected chi connectivity index (χ4v) is 4.87. The molecule has 2 saturated carbocycles. The van der Waals surface area contributed by atoms with E-state index in [2.05, 4.69) is 27.8 Å². The zero-order chi connectivity index (χ0) is 15.0. The lowest BCUT2D eigenvalue weighted by atomic mass is 10.4. The summed E-state index contributed by atoms with van der Waals surface area (Å²) < 4.78 is 32.8. The Balaban J connectivity index is 1.81. The van der Waals surface area contributed by atoms with Crippen LogP contribution in [0.5, 0.6) is 0 Å². The smallest absolute Gasteiger partial charge is 0.248 e. The number of rotatable bonds is 8. The number of halogens is 1. The molecule has 2 aliphatic carbocycles. The summed E-state index contributed by atoms with van der Waals surface area (Å²) in [5.41, 5.74) is 0. The van der Waals surface area contributed by atoms with Crippen LogP contribution in [0.4, 0.5) is 0 Å². The van der Waals surface area contributed by atoms with Gasteiger partial charge in [-0.3, -0.25) is 0 Å². The highest BCUT2D eigenvalue weighted by molar-refractivity contribution is 9.10. The lowest BCUT2D eigenvalue weighted by Crippen LogP contribution is -2.33. The minimum atomic E-state index is -3.54.